The molecule has 0 N–H and O–H groups in total. The van der Waals surface area contributed by atoms with E-state index in [1.807, 2.05) is 49.4 Å². The molecule has 0 saturated carbocycles. The zero-order valence-corrected chi connectivity index (χ0v) is 18.9. The molecule has 4 rings (SSSR count). The Labute approximate surface area is 184 Å². The number of halogens is 1. The molecule has 0 atom stereocenters. The number of thioether (sulfide) groups is 1. The van der Waals surface area contributed by atoms with E-state index in [1.165, 1.54) is 36.7 Å². The Morgan fingerprint density at radius 1 is 1.03 bits per heavy atom. The quantitative estimate of drug-likeness (QED) is 0.510. The summed E-state index contributed by atoms with van der Waals surface area (Å²) in [5, 5.41) is 0.742. The SMILES string of the molecule is CCN1C(=O)/C(=C/c2ccc(Br)cc2)SC1=Nc1ccc(N2CCCCC2)cc1. The van der Waals surface area contributed by atoms with Crippen molar-refractivity contribution in [2.24, 2.45) is 4.99 Å². The molecule has 0 spiro atoms. The Morgan fingerprint density at radius 3 is 2.38 bits per heavy atom. The Kier molecular flexibility index (Phi) is 6.40. The highest BCUT2D eigenvalue weighted by atomic mass is 79.9. The third-order valence-electron chi connectivity index (χ3n) is 5.17. The fourth-order valence-electron chi connectivity index (χ4n) is 3.58. The van der Waals surface area contributed by atoms with Crippen LogP contribution >= 0.6 is 27.7 Å². The van der Waals surface area contributed by atoms with Crippen LogP contribution in [0.4, 0.5) is 11.4 Å². The van der Waals surface area contributed by atoms with Crippen LogP contribution in [-0.2, 0) is 4.79 Å². The van der Waals surface area contributed by atoms with Gasteiger partial charge in [0.2, 0.25) is 0 Å². The second-order valence-electron chi connectivity index (χ2n) is 7.17. The van der Waals surface area contributed by atoms with Gasteiger partial charge in [-0.1, -0.05) is 28.1 Å². The molecule has 2 aromatic carbocycles. The van der Waals surface area contributed by atoms with Crippen LogP contribution < -0.4 is 4.90 Å². The lowest BCUT2D eigenvalue weighted by Gasteiger charge is -2.28. The van der Waals surface area contributed by atoms with Crippen LogP contribution in [0.25, 0.3) is 6.08 Å². The monoisotopic (exact) mass is 469 g/mol. The van der Waals surface area contributed by atoms with Gasteiger partial charge in [0.25, 0.3) is 5.91 Å². The third-order valence-corrected chi connectivity index (χ3v) is 6.70. The van der Waals surface area contributed by atoms with Crippen LogP contribution in [0.2, 0.25) is 0 Å². The molecular weight excluding hydrogens is 446 g/mol. The highest BCUT2D eigenvalue weighted by Crippen LogP contribution is 2.34. The summed E-state index contributed by atoms with van der Waals surface area (Å²) in [5.74, 6) is 0.0177. The highest BCUT2D eigenvalue weighted by molar-refractivity contribution is 9.10. The van der Waals surface area contributed by atoms with E-state index in [0.717, 1.165) is 34.0 Å². The van der Waals surface area contributed by atoms with Gasteiger partial charge in [-0.15, -0.1) is 0 Å². The first-order valence-corrected chi connectivity index (χ1v) is 11.7. The van der Waals surface area contributed by atoms with Crippen molar-refractivity contribution < 1.29 is 4.79 Å². The van der Waals surface area contributed by atoms with Gasteiger partial charge in [-0.25, -0.2) is 4.99 Å². The minimum atomic E-state index is 0.0177. The standard InChI is InChI=1S/C23H24BrN3OS/c1-2-27-22(28)21(16-17-6-8-18(24)9-7-17)29-23(27)25-19-10-12-20(13-11-19)26-14-4-3-5-15-26/h6-13,16H,2-5,14-15H2,1H3/b21-16-,25-23?. The zero-order valence-electron chi connectivity index (χ0n) is 16.5. The summed E-state index contributed by atoms with van der Waals surface area (Å²) in [6, 6.07) is 16.3. The van der Waals surface area contributed by atoms with Gasteiger partial charge in [-0.05, 0) is 86.0 Å². The predicted octanol–water partition coefficient (Wildman–Crippen LogP) is 6.06. The number of aliphatic imine (C=N–C) groups is 1. The first kappa shape index (κ1) is 20.2. The van der Waals surface area contributed by atoms with Crippen molar-refractivity contribution in [3.8, 4) is 0 Å². The number of likely N-dealkylation sites (N-methyl/N-ethyl adjacent to an activating group) is 1. The summed E-state index contributed by atoms with van der Waals surface area (Å²) >= 11 is 4.89. The van der Waals surface area contributed by atoms with E-state index in [-0.39, 0.29) is 5.91 Å². The molecule has 29 heavy (non-hydrogen) atoms. The van der Waals surface area contributed by atoms with Crippen molar-refractivity contribution in [1.82, 2.24) is 4.90 Å². The number of hydrogen-bond acceptors (Lipinski definition) is 4. The second kappa shape index (κ2) is 9.18. The Bertz CT molecular complexity index is 932. The van der Waals surface area contributed by atoms with Crippen LogP contribution in [-0.4, -0.2) is 35.6 Å². The van der Waals surface area contributed by atoms with Crippen LogP contribution in [0.1, 0.15) is 31.7 Å². The number of carbonyl (C=O) groups excluding carboxylic acids is 1. The average Bonchev–Trinajstić information content (AvgIpc) is 3.05. The molecule has 0 bridgehead atoms. The van der Waals surface area contributed by atoms with Gasteiger partial charge >= 0.3 is 0 Å². The van der Waals surface area contributed by atoms with Crippen molar-refractivity contribution in [2.75, 3.05) is 24.5 Å². The van der Waals surface area contributed by atoms with Crippen LogP contribution in [0, 0.1) is 0 Å². The number of carbonyl (C=O) groups is 1. The molecule has 0 aromatic heterocycles. The first-order chi connectivity index (χ1) is 14.1. The normalized spacial score (nSPS) is 20.1. The fourth-order valence-corrected chi connectivity index (χ4v) is 4.91. The molecule has 2 saturated heterocycles. The predicted molar refractivity (Wildman–Crippen MR) is 127 cm³/mol. The molecule has 0 unspecified atom stereocenters. The number of amidine groups is 1. The lowest BCUT2D eigenvalue weighted by atomic mass is 10.1. The molecule has 4 nitrogen and oxygen atoms in total. The van der Waals surface area contributed by atoms with Crippen molar-refractivity contribution in [3.05, 3.63) is 63.5 Å². The largest absolute Gasteiger partial charge is 0.372 e. The summed E-state index contributed by atoms with van der Waals surface area (Å²) in [6.45, 7) is 4.85. The van der Waals surface area contributed by atoms with E-state index in [1.54, 1.807) is 4.90 Å². The van der Waals surface area contributed by atoms with Crippen LogP contribution in [0.15, 0.2) is 62.9 Å². The molecule has 2 aliphatic heterocycles. The number of benzene rings is 2. The van der Waals surface area contributed by atoms with Gasteiger partial charge in [-0.3, -0.25) is 9.69 Å². The average molecular weight is 470 g/mol. The minimum absolute atomic E-state index is 0.0177. The van der Waals surface area contributed by atoms with Gasteiger partial charge in [-0.2, -0.15) is 0 Å². The number of anilines is 1. The summed E-state index contributed by atoms with van der Waals surface area (Å²) < 4.78 is 1.02. The van der Waals surface area contributed by atoms with E-state index >= 15 is 0 Å². The Morgan fingerprint density at radius 2 is 1.72 bits per heavy atom. The number of piperidine rings is 1. The smallest absolute Gasteiger partial charge is 0.266 e. The van der Waals surface area contributed by atoms with E-state index in [0.29, 0.717) is 11.4 Å². The number of hydrogen-bond donors (Lipinski definition) is 0. The molecule has 1 amide bonds. The van der Waals surface area contributed by atoms with Gasteiger partial charge in [0.05, 0.1) is 10.6 Å². The van der Waals surface area contributed by atoms with Crippen molar-refractivity contribution >= 4 is 56.2 Å². The topological polar surface area (TPSA) is 35.9 Å². The van der Waals surface area contributed by atoms with Crippen LogP contribution in [0.3, 0.4) is 0 Å². The van der Waals surface area contributed by atoms with Crippen LogP contribution in [0.5, 0.6) is 0 Å². The molecule has 0 aliphatic carbocycles. The molecule has 2 fully saturated rings. The molecule has 0 radical (unpaired) electrons. The molecule has 150 valence electrons. The highest BCUT2D eigenvalue weighted by Gasteiger charge is 2.32. The first-order valence-electron chi connectivity index (χ1n) is 10.0. The summed E-state index contributed by atoms with van der Waals surface area (Å²) in [7, 11) is 0. The van der Waals surface area contributed by atoms with Gasteiger partial charge in [0.15, 0.2) is 5.17 Å². The third kappa shape index (κ3) is 4.75. The van der Waals surface area contributed by atoms with Crippen molar-refractivity contribution in [2.45, 2.75) is 26.2 Å². The van der Waals surface area contributed by atoms with E-state index in [9.17, 15) is 4.79 Å². The molecule has 2 heterocycles. The Balaban J connectivity index is 1.54. The number of rotatable bonds is 4. The second-order valence-corrected chi connectivity index (χ2v) is 9.09. The maximum Gasteiger partial charge on any atom is 0.266 e. The Hall–Kier alpha value is -2.05. The number of nitrogens with zero attached hydrogens (tertiary/aromatic N) is 3. The maximum atomic E-state index is 12.8. The molecular formula is C23H24BrN3OS. The summed E-state index contributed by atoms with van der Waals surface area (Å²) in [6.07, 6.45) is 5.80. The van der Waals surface area contributed by atoms with Gasteiger partial charge < -0.3 is 4.90 Å². The van der Waals surface area contributed by atoms with Crippen molar-refractivity contribution in [3.63, 3.8) is 0 Å². The lowest BCUT2D eigenvalue weighted by molar-refractivity contribution is -0.122. The lowest BCUT2D eigenvalue weighted by Crippen LogP contribution is -2.29. The van der Waals surface area contributed by atoms with Gasteiger partial charge in [0, 0.05) is 29.8 Å². The van der Waals surface area contributed by atoms with Crippen molar-refractivity contribution in [1.29, 1.82) is 0 Å². The molecule has 6 heteroatoms. The number of amides is 1. The molecule has 2 aliphatic rings. The fraction of sp³-hybridized carbons (Fsp3) is 0.304. The maximum absolute atomic E-state index is 12.8. The zero-order chi connectivity index (χ0) is 20.2. The summed E-state index contributed by atoms with van der Waals surface area (Å²) in [5.41, 5.74) is 3.14. The minimum Gasteiger partial charge on any atom is -0.372 e. The van der Waals surface area contributed by atoms with E-state index in [2.05, 4.69) is 33.0 Å². The molecule has 2 aromatic rings. The van der Waals surface area contributed by atoms with E-state index < -0.39 is 0 Å². The van der Waals surface area contributed by atoms with E-state index in [4.69, 9.17) is 4.99 Å². The van der Waals surface area contributed by atoms with Gasteiger partial charge in [0.1, 0.15) is 0 Å². The summed E-state index contributed by atoms with van der Waals surface area (Å²) in [4.78, 5) is 22.5.